The molecule has 0 saturated carbocycles. The Bertz CT molecular complexity index is 996. The Morgan fingerprint density at radius 3 is 2.38 bits per heavy atom. The van der Waals surface area contributed by atoms with Crippen molar-refractivity contribution in [3.63, 3.8) is 0 Å². The van der Waals surface area contributed by atoms with Crippen LogP contribution in [0.15, 0.2) is 47.4 Å². The summed E-state index contributed by atoms with van der Waals surface area (Å²) >= 11 is 6.15. The van der Waals surface area contributed by atoms with Gasteiger partial charge in [-0.1, -0.05) is 41.9 Å². The van der Waals surface area contributed by atoms with E-state index in [0.717, 1.165) is 5.56 Å². The quantitative estimate of drug-likeness (QED) is 0.742. The Kier molecular flexibility index (Phi) is 6.36. The van der Waals surface area contributed by atoms with E-state index in [-0.39, 0.29) is 40.4 Å². The second-order valence-electron chi connectivity index (χ2n) is 6.81. The number of nitrogens with zero attached hydrogens (tertiary/aromatic N) is 1. The van der Waals surface area contributed by atoms with E-state index in [1.165, 1.54) is 30.7 Å². The molecule has 0 spiro atoms. The highest BCUT2D eigenvalue weighted by molar-refractivity contribution is 7.89. The zero-order valence-corrected chi connectivity index (χ0v) is 17.6. The van der Waals surface area contributed by atoms with E-state index in [0.29, 0.717) is 6.42 Å². The molecule has 2 atom stereocenters. The summed E-state index contributed by atoms with van der Waals surface area (Å²) in [5.74, 6) is -2.06. The van der Waals surface area contributed by atoms with Gasteiger partial charge in [0, 0.05) is 13.1 Å². The number of halogens is 1. The van der Waals surface area contributed by atoms with Crippen molar-refractivity contribution < 1.29 is 27.8 Å². The zero-order chi connectivity index (χ0) is 21.2. The van der Waals surface area contributed by atoms with Crippen molar-refractivity contribution in [1.29, 1.82) is 0 Å². The molecule has 1 N–H and O–H groups in total. The lowest BCUT2D eigenvalue weighted by molar-refractivity contribution is -0.143. The third-order valence-electron chi connectivity index (χ3n) is 5.09. The lowest BCUT2D eigenvalue weighted by atomic mass is 9.85. The van der Waals surface area contributed by atoms with Crippen molar-refractivity contribution in [1.82, 2.24) is 4.31 Å². The van der Waals surface area contributed by atoms with E-state index >= 15 is 0 Å². The number of piperidine rings is 1. The largest absolute Gasteiger partial charge is 0.495 e. The van der Waals surface area contributed by atoms with Crippen molar-refractivity contribution in [2.75, 3.05) is 27.3 Å². The molecule has 0 bridgehead atoms. The van der Waals surface area contributed by atoms with Crippen LogP contribution in [0.3, 0.4) is 0 Å². The van der Waals surface area contributed by atoms with Crippen molar-refractivity contribution in [2.45, 2.75) is 17.2 Å². The summed E-state index contributed by atoms with van der Waals surface area (Å²) in [7, 11) is -1.47. The van der Waals surface area contributed by atoms with Gasteiger partial charge in [0.2, 0.25) is 0 Å². The van der Waals surface area contributed by atoms with Crippen LogP contribution in [0.4, 0.5) is 0 Å². The molecule has 0 amide bonds. The maximum Gasteiger partial charge on any atom is 0.307 e. The number of hydrogen-bond donors (Lipinski definition) is 1. The molecule has 0 radical (unpaired) electrons. The van der Waals surface area contributed by atoms with Gasteiger partial charge in [-0.3, -0.25) is 4.79 Å². The topological polar surface area (TPSA) is 93.1 Å². The summed E-state index contributed by atoms with van der Waals surface area (Å²) in [5.41, 5.74) is 0.892. The molecule has 1 heterocycles. The molecule has 156 valence electrons. The predicted molar refractivity (Wildman–Crippen MR) is 108 cm³/mol. The molecule has 0 aliphatic carbocycles. The normalized spacial score (nSPS) is 20.2. The van der Waals surface area contributed by atoms with Gasteiger partial charge >= 0.3 is 5.97 Å². The van der Waals surface area contributed by atoms with Crippen LogP contribution in [0.25, 0.3) is 0 Å². The van der Waals surface area contributed by atoms with Gasteiger partial charge in [-0.15, -0.1) is 0 Å². The first-order valence-corrected chi connectivity index (χ1v) is 10.8. The number of rotatable bonds is 6. The molecular formula is C20H22ClNO6S. The first kappa shape index (κ1) is 21.4. The van der Waals surface area contributed by atoms with Crippen LogP contribution in [-0.4, -0.2) is 51.1 Å². The van der Waals surface area contributed by atoms with Crippen LogP contribution in [0.1, 0.15) is 17.9 Å². The first-order valence-electron chi connectivity index (χ1n) is 8.98. The summed E-state index contributed by atoms with van der Waals surface area (Å²) in [5, 5.41) is 9.73. The molecule has 2 aromatic carbocycles. The van der Waals surface area contributed by atoms with E-state index in [4.69, 9.17) is 21.1 Å². The van der Waals surface area contributed by atoms with Gasteiger partial charge in [0.15, 0.2) is 10.6 Å². The Hall–Kier alpha value is -2.29. The van der Waals surface area contributed by atoms with Gasteiger partial charge in [-0.25, -0.2) is 8.42 Å². The van der Waals surface area contributed by atoms with E-state index in [9.17, 15) is 18.3 Å². The Morgan fingerprint density at radius 1 is 1.10 bits per heavy atom. The summed E-state index contributed by atoms with van der Waals surface area (Å²) in [4.78, 5) is 11.5. The van der Waals surface area contributed by atoms with E-state index in [2.05, 4.69) is 0 Å². The van der Waals surface area contributed by atoms with Crippen molar-refractivity contribution in [3.8, 4) is 11.5 Å². The van der Waals surface area contributed by atoms with Crippen LogP contribution in [0.5, 0.6) is 11.5 Å². The Morgan fingerprint density at radius 2 is 1.79 bits per heavy atom. The predicted octanol–water partition coefficient (Wildman–Crippen LogP) is 3.24. The summed E-state index contributed by atoms with van der Waals surface area (Å²) < 4.78 is 38.8. The minimum atomic E-state index is -4.14. The van der Waals surface area contributed by atoms with Crippen LogP contribution < -0.4 is 9.47 Å². The number of aliphatic carboxylic acids is 1. The molecule has 2 aromatic rings. The maximum atomic E-state index is 13.6. The number of carboxylic acids is 1. The van der Waals surface area contributed by atoms with Gasteiger partial charge < -0.3 is 14.6 Å². The number of benzene rings is 2. The number of carboxylic acid groups (broad SMARTS) is 1. The number of methoxy groups -OCH3 is 2. The van der Waals surface area contributed by atoms with Crippen molar-refractivity contribution >= 4 is 27.6 Å². The maximum absolute atomic E-state index is 13.6. The summed E-state index contributed by atoms with van der Waals surface area (Å²) in [6, 6.07) is 12.2. The third kappa shape index (κ3) is 4.19. The number of sulfonamides is 1. The Balaban J connectivity index is 2.08. The van der Waals surface area contributed by atoms with Gasteiger partial charge in [-0.05, 0) is 30.0 Å². The molecule has 1 saturated heterocycles. The smallest absolute Gasteiger partial charge is 0.307 e. The molecule has 2 unspecified atom stereocenters. The number of hydrogen-bond acceptors (Lipinski definition) is 5. The zero-order valence-electron chi connectivity index (χ0n) is 16.0. The fourth-order valence-corrected chi connectivity index (χ4v) is 5.78. The van der Waals surface area contributed by atoms with Gasteiger partial charge in [0.25, 0.3) is 10.0 Å². The third-order valence-corrected chi connectivity index (χ3v) is 7.27. The summed E-state index contributed by atoms with van der Waals surface area (Å²) in [6.45, 7) is 0.00870. The van der Waals surface area contributed by atoms with Gasteiger partial charge in [-0.2, -0.15) is 4.31 Å². The highest BCUT2D eigenvalue weighted by atomic mass is 35.5. The highest BCUT2D eigenvalue weighted by Gasteiger charge is 2.41. The monoisotopic (exact) mass is 439 g/mol. The van der Waals surface area contributed by atoms with Crippen LogP contribution in [0.2, 0.25) is 5.02 Å². The van der Waals surface area contributed by atoms with E-state index < -0.39 is 21.9 Å². The average Bonchev–Trinajstić information content (AvgIpc) is 2.73. The minimum absolute atomic E-state index is 0.0280. The minimum Gasteiger partial charge on any atom is -0.495 e. The standard InChI is InChI=1S/C20H22ClNO6S/c1-27-17-9-8-16(21)18(28-2)19(17)29(25,26)22-11-14(10-15(12-22)20(23)24)13-6-4-3-5-7-13/h3-9,14-15H,10-12H2,1-2H3,(H,23,24). The fraction of sp³-hybridized carbons (Fsp3) is 0.350. The van der Waals surface area contributed by atoms with Crippen LogP contribution in [0, 0.1) is 5.92 Å². The molecule has 1 aliphatic rings. The van der Waals surface area contributed by atoms with Crippen LogP contribution in [-0.2, 0) is 14.8 Å². The van der Waals surface area contributed by atoms with E-state index in [1.54, 1.807) is 0 Å². The van der Waals surface area contributed by atoms with E-state index in [1.807, 2.05) is 30.3 Å². The number of ether oxygens (including phenoxy) is 2. The Labute approximate surface area is 174 Å². The fourth-order valence-electron chi connectivity index (χ4n) is 3.65. The second kappa shape index (κ2) is 8.61. The lowest BCUT2D eigenvalue weighted by Gasteiger charge is -2.36. The molecular weight excluding hydrogens is 418 g/mol. The molecule has 29 heavy (non-hydrogen) atoms. The molecule has 7 nitrogen and oxygen atoms in total. The highest BCUT2D eigenvalue weighted by Crippen LogP contribution is 2.42. The molecule has 3 rings (SSSR count). The molecule has 1 aliphatic heterocycles. The molecule has 0 aromatic heterocycles. The summed E-state index contributed by atoms with van der Waals surface area (Å²) in [6.07, 6.45) is 0.356. The lowest BCUT2D eigenvalue weighted by Crippen LogP contribution is -2.45. The average molecular weight is 440 g/mol. The van der Waals surface area contributed by atoms with Gasteiger partial charge in [0.1, 0.15) is 5.75 Å². The van der Waals surface area contributed by atoms with Crippen molar-refractivity contribution in [2.24, 2.45) is 5.92 Å². The first-order chi connectivity index (χ1) is 13.8. The molecule has 9 heteroatoms. The van der Waals surface area contributed by atoms with Crippen LogP contribution >= 0.6 is 11.6 Å². The second-order valence-corrected chi connectivity index (χ2v) is 9.09. The SMILES string of the molecule is COc1ccc(Cl)c(OC)c1S(=O)(=O)N1CC(C(=O)O)CC(c2ccccc2)C1. The number of carbonyl (C=O) groups is 1. The van der Waals surface area contributed by atoms with Crippen molar-refractivity contribution in [3.05, 3.63) is 53.1 Å². The molecule has 1 fully saturated rings. The van der Waals surface area contributed by atoms with Gasteiger partial charge in [0.05, 0.1) is 25.2 Å².